The number of nitrogens with one attached hydrogen (secondary N) is 2. The minimum Gasteiger partial charge on any atom is -0.379 e. The number of ether oxygens (including phenoxy) is 1. The lowest BCUT2D eigenvalue weighted by molar-refractivity contribution is 0.0370. The number of hydrogen-bond acceptors (Lipinski definition) is 7. The second-order valence-electron chi connectivity index (χ2n) is 10.1. The molecule has 7 rings (SSSR count). The Hall–Kier alpha value is -4.12. The lowest BCUT2D eigenvalue weighted by Crippen LogP contribution is -2.37. The van der Waals surface area contributed by atoms with Crippen molar-refractivity contribution in [3.05, 3.63) is 88.5 Å². The average Bonchev–Trinajstić information content (AvgIpc) is 3.74. The van der Waals surface area contributed by atoms with Crippen LogP contribution in [0.5, 0.6) is 0 Å². The zero-order chi connectivity index (χ0) is 26.9. The lowest BCUT2D eigenvalue weighted by atomic mass is 10.1. The van der Waals surface area contributed by atoms with Crippen LogP contribution in [0, 0.1) is 0 Å². The van der Waals surface area contributed by atoms with Gasteiger partial charge in [0.1, 0.15) is 5.69 Å². The number of aryl methyl sites for hydroxylation is 1. The lowest BCUT2D eigenvalue weighted by Gasteiger charge is -2.26. The fourth-order valence-corrected chi connectivity index (χ4v) is 6.32. The molecule has 0 saturated carbocycles. The molecule has 5 heterocycles. The molecule has 0 radical (unpaired) electrons. The molecule has 0 unspecified atom stereocenters. The van der Waals surface area contributed by atoms with E-state index in [9.17, 15) is 4.79 Å². The summed E-state index contributed by atoms with van der Waals surface area (Å²) in [4.78, 5) is 30.5. The fourth-order valence-electron chi connectivity index (χ4n) is 5.34. The standard InChI is InChI=1S/C30H29N7O2S/c38-30-25(17-20-5-2-1-3-6-20)32-23-19-26-24(18-22(23)34-30)33-29(28-8-7-27(40-28)21-9-10-31-35-21)37(26)12-4-11-36-13-15-39-16-14-36/h1-3,5-10,18-19H,4,11-17H2,(H,31,35)(H,34,38). The Morgan fingerprint density at radius 1 is 0.925 bits per heavy atom. The smallest absolute Gasteiger partial charge is 0.270 e. The fraction of sp³-hybridized carbons (Fsp3) is 0.267. The van der Waals surface area contributed by atoms with Crippen LogP contribution in [0.2, 0.25) is 0 Å². The number of aromatic nitrogens is 6. The normalized spacial score (nSPS) is 14.4. The Morgan fingerprint density at radius 3 is 2.60 bits per heavy atom. The van der Waals surface area contributed by atoms with Crippen LogP contribution in [0.1, 0.15) is 17.7 Å². The van der Waals surface area contributed by atoms with Crippen molar-refractivity contribution >= 4 is 33.4 Å². The van der Waals surface area contributed by atoms with Crippen molar-refractivity contribution in [3.63, 3.8) is 0 Å². The summed E-state index contributed by atoms with van der Waals surface area (Å²) in [5.74, 6) is 0.926. The monoisotopic (exact) mass is 551 g/mol. The van der Waals surface area contributed by atoms with Gasteiger partial charge in [0.25, 0.3) is 5.56 Å². The SMILES string of the molecule is O=c1[nH]c2cc3nc(-c4ccc(-c5ccn[nH]5)s4)n(CCCN4CCOCC4)c3cc2nc1Cc1ccccc1. The van der Waals surface area contributed by atoms with Crippen molar-refractivity contribution in [2.45, 2.75) is 19.4 Å². The van der Waals surface area contributed by atoms with E-state index in [-0.39, 0.29) is 5.56 Å². The number of rotatable bonds is 8. The molecular formula is C30H29N7O2S. The van der Waals surface area contributed by atoms with Crippen molar-refractivity contribution in [1.82, 2.24) is 34.6 Å². The largest absolute Gasteiger partial charge is 0.379 e. The van der Waals surface area contributed by atoms with Crippen LogP contribution in [0.15, 0.2) is 71.7 Å². The molecule has 1 saturated heterocycles. The van der Waals surface area contributed by atoms with Gasteiger partial charge in [0, 0.05) is 38.8 Å². The molecule has 0 amide bonds. The van der Waals surface area contributed by atoms with Gasteiger partial charge in [-0.2, -0.15) is 5.10 Å². The molecular weight excluding hydrogens is 522 g/mol. The number of benzene rings is 2. The van der Waals surface area contributed by atoms with E-state index in [0.29, 0.717) is 17.6 Å². The predicted octanol–water partition coefficient (Wildman–Crippen LogP) is 4.70. The van der Waals surface area contributed by atoms with Crippen LogP contribution in [0.4, 0.5) is 0 Å². The number of H-pyrrole nitrogens is 2. The van der Waals surface area contributed by atoms with E-state index in [1.807, 2.05) is 42.5 Å². The van der Waals surface area contributed by atoms with Gasteiger partial charge >= 0.3 is 0 Å². The molecule has 0 aliphatic carbocycles. The van der Waals surface area contributed by atoms with Crippen molar-refractivity contribution in [3.8, 4) is 21.3 Å². The van der Waals surface area contributed by atoms with Gasteiger partial charge in [-0.15, -0.1) is 11.3 Å². The van der Waals surface area contributed by atoms with E-state index < -0.39 is 0 Å². The Morgan fingerprint density at radius 2 is 1.77 bits per heavy atom. The highest BCUT2D eigenvalue weighted by Gasteiger charge is 2.18. The highest BCUT2D eigenvalue weighted by atomic mass is 32.1. The van der Waals surface area contributed by atoms with E-state index >= 15 is 0 Å². The molecule has 0 atom stereocenters. The summed E-state index contributed by atoms with van der Waals surface area (Å²) >= 11 is 1.69. The molecule has 4 aromatic heterocycles. The molecule has 10 heteroatoms. The topological polar surface area (TPSA) is 105 Å². The van der Waals surface area contributed by atoms with Crippen molar-refractivity contribution in [2.24, 2.45) is 0 Å². The average molecular weight is 552 g/mol. The first-order chi connectivity index (χ1) is 19.7. The Bertz CT molecular complexity index is 1820. The summed E-state index contributed by atoms with van der Waals surface area (Å²) in [5, 5.41) is 7.16. The van der Waals surface area contributed by atoms with Gasteiger partial charge in [-0.05, 0) is 42.3 Å². The molecule has 2 N–H and O–H groups in total. The van der Waals surface area contributed by atoms with Crippen LogP contribution >= 0.6 is 11.3 Å². The Labute approximate surface area is 234 Å². The van der Waals surface area contributed by atoms with Crippen LogP contribution in [-0.2, 0) is 17.7 Å². The van der Waals surface area contributed by atoms with Crippen LogP contribution in [0.25, 0.3) is 43.3 Å². The summed E-state index contributed by atoms with van der Waals surface area (Å²) in [6.07, 6.45) is 3.24. The first-order valence-corrected chi connectivity index (χ1v) is 14.4. The van der Waals surface area contributed by atoms with Crippen LogP contribution < -0.4 is 5.56 Å². The molecule has 1 aliphatic heterocycles. The maximum absolute atomic E-state index is 12.9. The summed E-state index contributed by atoms with van der Waals surface area (Å²) in [6, 6.07) is 20.2. The van der Waals surface area contributed by atoms with E-state index in [0.717, 1.165) is 89.2 Å². The van der Waals surface area contributed by atoms with Crippen LogP contribution in [-0.4, -0.2) is 67.5 Å². The minimum absolute atomic E-state index is 0.164. The molecule has 1 fully saturated rings. The molecule has 9 nitrogen and oxygen atoms in total. The van der Waals surface area contributed by atoms with Gasteiger partial charge in [-0.1, -0.05) is 30.3 Å². The molecule has 0 spiro atoms. The highest BCUT2D eigenvalue weighted by molar-refractivity contribution is 7.18. The van der Waals surface area contributed by atoms with Gasteiger partial charge in [0.05, 0.1) is 50.7 Å². The third-order valence-electron chi connectivity index (χ3n) is 7.40. The maximum Gasteiger partial charge on any atom is 0.270 e. The van der Waals surface area contributed by atoms with E-state index in [1.165, 1.54) is 0 Å². The third kappa shape index (κ3) is 4.97. The summed E-state index contributed by atoms with van der Waals surface area (Å²) in [7, 11) is 0. The van der Waals surface area contributed by atoms with Crippen molar-refractivity contribution in [1.29, 1.82) is 0 Å². The third-order valence-corrected chi connectivity index (χ3v) is 8.51. The number of aromatic amines is 2. The number of nitrogens with zero attached hydrogens (tertiary/aromatic N) is 5. The number of hydrogen-bond donors (Lipinski definition) is 2. The zero-order valence-electron chi connectivity index (χ0n) is 22.0. The number of imidazole rings is 1. The molecule has 2 aromatic carbocycles. The van der Waals surface area contributed by atoms with Gasteiger partial charge < -0.3 is 14.3 Å². The van der Waals surface area contributed by atoms with E-state index in [2.05, 4.69) is 42.8 Å². The van der Waals surface area contributed by atoms with Crippen LogP contribution in [0.3, 0.4) is 0 Å². The molecule has 40 heavy (non-hydrogen) atoms. The predicted molar refractivity (Wildman–Crippen MR) is 158 cm³/mol. The second-order valence-corrected chi connectivity index (χ2v) is 11.1. The number of thiophene rings is 1. The maximum atomic E-state index is 12.9. The first-order valence-electron chi connectivity index (χ1n) is 13.6. The van der Waals surface area contributed by atoms with E-state index in [1.54, 1.807) is 17.5 Å². The van der Waals surface area contributed by atoms with Crippen molar-refractivity contribution in [2.75, 3.05) is 32.8 Å². The van der Waals surface area contributed by atoms with E-state index in [4.69, 9.17) is 14.7 Å². The number of morpholine rings is 1. The molecule has 6 aromatic rings. The molecule has 1 aliphatic rings. The Balaban J connectivity index is 1.28. The summed E-state index contributed by atoms with van der Waals surface area (Å²) in [6.45, 7) is 5.38. The minimum atomic E-state index is -0.164. The van der Waals surface area contributed by atoms with Gasteiger partial charge in [-0.25, -0.2) is 9.97 Å². The summed E-state index contributed by atoms with van der Waals surface area (Å²) in [5.41, 5.74) is 5.73. The second kappa shape index (κ2) is 10.8. The quantitative estimate of drug-likeness (QED) is 0.284. The summed E-state index contributed by atoms with van der Waals surface area (Å²) < 4.78 is 7.83. The molecule has 0 bridgehead atoms. The zero-order valence-corrected chi connectivity index (χ0v) is 22.8. The number of fused-ring (bicyclic) bond motifs is 2. The Kier molecular flexibility index (Phi) is 6.72. The van der Waals surface area contributed by atoms with Gasteiger partial charge in [-0.3, -0.25) is 14.8 Å². The van der Waals surface area contributed by atoms with Gasteiger partial charge in [0.15, 0.2) is 5.82 Å². The molecule has 202 valence electrons. The highest BCUT2D eigenvalue weighted by Crippen LogP contribution is 2.35. The first kappa shape index (κ1) is 24.9. The van der Waals surface area contributed by atoms with Gasteiger partial charge in [0.2, 0.25) is 0 Å². The van der Waals surface area contributed by atoms with Crippen molar-refractivity contribution < 1.29 is 4.74 Å².